The highest BCUT2D eigenvalue weighted by atomic mass is 35.5. The molecule has 0 aliphatic heterocycles. The molecule has 0 heterocycles. The summed E-state index contributed by atoms with van der Waals surface area (Å²) in [4.78, 5) is -1.67. The van der Waals surface area contributed by atoms with Gasteiger partial charge in [0.15, 0.2) is 4.84 Å². The van der Waals surface area contributed by atoms with Gasteiger partial charge in [-0.25, -0.2) is 0 Å². The lowest BCUT2D eigenvalue weighted by molar-refractivity contribution is 0.408. The second-order valence-corrected chi connectivity index (χ2v) is 5.80. The van der Waals surface area contributed by atoms with E-state index in [1.54, 1.807) is 0 Å². The molecule has 1 radical (unpaired) electrons. The third kappa shape index (κ3) is 2.29. The molecule has 61 valence electrons. The van der Waals surface area contributed by atoms with Gasteiger partial charge in [0.2, 0.25) is 0 Å². The van der Waals surface area contributed by atoms with E-state index in [9.17, 15) is 13.0 Å². The molecular weight excluding hydrogens is 246 g/mol. The fourth-order valence-corrected chi connectivity index (χ4v) is 0.982. The Labute approximate surface area is 77.9 Å². The first-order valence-corrected chi connectivity index (χ1v) is 4.84. The van der Waals surface area contributed by atoms with Crippen LogP contribution in [0.15, 0.2) is 0 Å². The molecule has 0 bridgehead atoms. The molecule has 0 saturated heterocycles. The van der Waals surface area contributed by atoms with Crippen molar-refractivity contribution in [3.05, 3.63) is 0 Å². The largest absolute Gasteiger partial charge is 0.331 e. The molecule has 0 aromatic rings. The van der Waals surface area contributed by atoms with Gasteiger partial charge in [-0.2, -0.15) is 8.42 Å². The third-order valence-corrected chi connectivity index (χ3v) is 4.42. The Bertz CT molecular complexity index is 207. The van der Waals surface area contributed by atoms with Crippen LogP contribution in [0.2, 0.25) is 0 Å². The molecule has 0 rings (SSSR count). The quantitative estimate of drug-likeness (QED) is 0.697. The molecule has 0 unspecified atom stereocenters. The van der Waals surface area contributed by atoms with Crippen molar-refractivity contribution < 1.29 is 13.0 Å². The summed E-state index contributed by atoms with van der Waals surface area (Å²) in [5, 5.41) is 0. The monoisotopic (exact) mass is 245 g/mol. The van der Waals surface area contributed by atoms with Gasteiger partial charge in [0.1, 0.15) is 0 Å². The van der Waals surface area contributed by atoms with Gasteiger partial charge < -0.3 is 0 Å². The van der Waals surface area contributed by atoms with Crippen LogP contribution in [0.25, 0.3) is 0 Å². The summed E-state index contributed by atoms with van der Waals surface area (Å²) in [6, 6.07) is 0. The van der Waals surface area contributed by atoms with Crippen molar-refractivity contribution in [2.24, 2.45) is 0 Å². The van der Waals surface area contributed by atoms with Crippen LogP contribution in [0, 0.1) is 0 Å². The molecule has 0 atom stereocenters. The first-order chi connectivity index (χ1) is 4.19. The minimum absolute atomic E-state index is 1.67. The number of rotatable bonds is 2. The van der Waals surface area contributed by atoms with E-state index in [1.165, 1.54) is 0 Å². The fourth-order valence-electron chi connectivity index (χ4n) is 0.109. The molecule has 0 aromatic heterocycles. The second kappa shape index (κ2) is 3.21. The maximum atomic E-state index is 10.1. The zero-order valence-electron chi connectivity index (χ0n) is 4.22. The minimum Gasteiger partial charge on any atom is -0.194 e. The third-order valence-electron chi connectivity index (χ3n) is 0.587. The minimum atomic E-state index is -4.88. The highest BCUT2D eigenvalue weighted by Gasteiger charge is 2.46. The predicted molar refractivity (Wildman–Crippen MR) is 39.5 cm³/mol. The van der Waals surface area contributed by atoms with Crippen LogP contribution < -0.4 is 0 Å². The summed E-state index contributed by atoms with van der Waals surface area (Å²) in [5.74, 6) is 0. The van der Waals surface area contributed by atoms with Crippen molar-refractivity contribution in [3.8, 4) is 0 Å². The maximum absolute atomic E-state index is 10.1. The van der Waals surface area contributed by atoms with E-state index in [-0.39, 0.29) is 0 Å². The van der Waals surface area contributed by atoms with Gasteiger partial charge in [0, 0.05) is 0 Å². The Morgan fingerprint density at radius 1 is 1.20 bits per heavy atom. The van der Waals surface area contributed by atoms with E-state index in [2.05, 4.69) is 0 Å². The molecule has 0 amide bonds. The van der Waals surface area contributed by atoms with Gasteiger partial charge >= 0.3 is 10.1 Å². The number of hydrogen-bond donors (Lipinski definition) is 0. The molecule has 10 heavy (non-hydrogen) atoms. The number of alkyl halides is 4. The molecule has 0 aliphatic rings. The summed E-state index contributed by atoms with van der Waals surface area (Å²) in [6.07, 6.45) is 0. The van der Waals surface area contributed by atoms with Crippen LogP contribution in [-0.4, -0.2) is 16.9 Å². The Hall–Kier alpha value is 1.07. The highest BCUT2D eigenvalue weighted by Crippen LogP contribution is 2.36. The molecular formula is C2HCl4O3S. The summed E-state index contributed by atoms with van der Waals surface area (Å²) in [6.45, 7) is 0. The lowest BCUT2D eigenvalue weighted by Crippen LogP contribution is -2.31. The maximum Gasteiger partial charge on any atom is 0.331 e. The molecule has 0 saturated carbocycles. The van der Waals surface area contributed by atoms with Crippen molar-refractivity contribution in [1.82, 2.24) is 0 Å². The molecule has 3 nitrogen and oxygen atoms in total. The lowest BCUT2D eigenvalue weighted by atomic mass is 10.9. The van der Waals surface area contributed by atoms with Gasteiger partial charge in [-0.3, -0.25) is 0 Å². The SMILES string of the molecule is [O]S(=O)(=O)C(Cl)(Cl)C(Cl)Cl. The molecule has 0 N–H and O–H groups in total. The van der Waals surface area contributed by atoms with Crippen molar-refractivity contribution >= 4 is 56.5 Å². The van der Waals surface area contributed by atoms with Gasteiger partial charge in [-0.05, 0) is 0 Å². The van der Waals surface area contributed by atoms with Crippen molar-refractivity contribution in [1.29, 1.82) is 0 Å². The standard InChI is InChI=1S/C2HCl4O3S/c3-1(4)2(5,6)10(7,8)9/h1H. The van der Waals surface area contributed by atoms with Gasteiger partial charge in [0.05, 0.1) is 0 Å². The topological polar surface area (TPSA) is 54.0 Å². The van der Waals surface area contributed by atoms with E-state index >= 15 is 0 Å². The Balaban J connectivity index is 4.76. The van der Waals surface area contributed by atoms with E-state index in [1.807, 2.05) is 0 Å². The lowest BCUT2D eigenvalue weighted by Gasteiger charge is -2.14. The second-order valence-electron chi connectivity index (χ2n) is 1.32. The van der Waals surface area contributed by atoms with Crippen LogP contribution >= 0.6 is 46.4 Å². The summed E-state index contributed by atoms with van der Waals surface area (Å²) >= 11 is 19.8. The van der Waals surface area contributed by atoms with Gasteiger partial charge in [-0.15, -0.1) is 23.2 Å². The number of halogens is 4. The van der Waals surface area contributed by atoms with Crippen molar-refractivity contribution in [2.45, 2.75) is 8.50 Å². The normalized spacial score (nSPS) is 14.2. The number of hydrogen-bond acceptors (Lipinski definition) is 2. The first kappa shape index (κ1) is 11.1. The molecule has 0 aromatic carbocycles. The van der Waals surface area contributed by atoms with Crippen LogP contribution in [0.4, 0.5) is 0 Å². The average molecular weight is 247 g/mol. The van der Waals surface area contributed by atoms with Crippen LogP contribution in [0.5, 0.6) is 0 Å². The highest BCUT2D eigenvalue weighted by molar-refractivity contribution is 7.90. The Morgan fingerprint density at radius 2 is 1.50 bits per heavy atom. The Kier molecular flexibility index (Phi) is 3.55. The predicted octanol–water partition coefficient (Wildman–Crippen LogP) is 1.68. The summed E-state index contributed by atoms with van der Waals surface area (Å²) in [7, 11) is -4.88. The van der Waals surface area contributed by atoms with E-state index in [0.29, 0.717) is 0 Å². The van der Waals surface area contributed by atoms with Crippen molar-refractivity contribution in [2.75, 3.05) is 0 Å². The van der Waals surface area contributed by atoms with E-state index in [0.717, 1.165) is 0 Å². The van der Waals surface area contributed by atoms with Gasteiger partial charge in [-0.1, -0.05) is 27.8 Å². The first-order valence-electron chi connectivity index (χ1n) is 1.81. The van der Waals surface area contributed by atoms with Crippen molar-refractivity contribution in [3.63, 3.8) is 0 Å². The summed E-state index contributed by atoms with van der Waals surface area (Å²) in [5.41, 5.74) is 0. The fraction of sp³-hybridized carbons (Fsp3) is 1.00. The molecule has 8 heteroatoms. The zero-order valence-corrected chi connectivity index (χ0v) is 8.06. The molecule has 0 spiro atoms. The molecule has 0 aliphatic carbocycles. The van der Waals surface area contributed by atoms with Crippen LogP contribution in [-0.2, 0) is 14.7 Å². The summed E-state index contributed by atoms with van der Waals surface area (Å²) < 4.78 is 27.6. The van der Waals surface area contributed by atoms with Crippen LogP contribution in [0.3, 0.4) is 0 Å². The van der Waals surface area contributed by atoms with E-state index < -0.39 is 18.6 Å². The smallest absolute Gasteiger partial charge is 0.194 e. The zero-order chi connectivity index (χ0) is 8.58. The van der Waals surface area contributed by atoms with Crippen LogP contribution in [0.1, 0.15) is 0 Å². The molecule has 0 fully saturated rings. The van der Waals surface area contributed by atoms with Gasteiger partial charge in [0.25, 0.3) is 3.67 Å². The van der Waals surface area contributed by atoms with E-state index in [4.69, 9.17) is 46.4 Å². The average Bonchev–Trinajstić information content (AvgIpc) is 1.62. The Morgan fingerprint density at radius 3 is 1.50 bits per heavy atom.